The summed E-state index contributed by atoms with van der Waals surface area (Å²) in [5, 5.41) is 24.3. The van der Waals surface area contributed by atoms with Gasteiger partial charge < -0.3 is 10.4 Å². The Labute approximate surface area is 132 Å². The summed E-state index contributed by atoms with van der Waals surface area (Å²) in [6.07, 6.45) is 1.06. The topological polar surface area (TPSA) is 88.3 Å². The van der Waals surface area contributed by atoms with Crippen LogP contribution in [0.25, 0.3) is 0 Å². The third-order valence-electron chi connectivity index (χ3n) is 3.26. The van der Waals surface area contributed by atoms with Crippen LogP contribution in [-0.4, -0.2) is 27.2 Å². The van der Waals surface area contributed by atoms with Gasteiger partial charge >= 0.3 is 5.69 Å². The lowest BCUT2D eigenvalue weighted by Crippen LogP contribution is -2.33. The molecule has 116 valence electrons. The SMILES string of the molecule is CC(Nc1ncc(Cl)cc1[N+](=O)[O-])C(O)Cc1ccccc1. The molecule has 1 aromatic heterocycles. The number of aliphatic hydroxyl groups is 1. The van der Waals surface area contributed by atoms with E-state index in [2.05, 4.69) is 10.3 Å². The largest absolute Gasteiger partial charge is 0.391 e. The smallest absolute Gasteiger partial charge is 0.312 e. The lowest BCUT2D eigenvalue weighted by atomic mass is 10.0. The van der Waals surface area contributed by atoms with Gasteiger partial charge in [0.05, 0.1) is 22.1 Å². The van der Waals surface area contributed by atoms with Crippen LogP contribution < -0.4 is 5.32 Å². The van der Waals surface area contributed by atoms with E-state index in [0.717, 1.165) is 5.56 Å². The van der Waals surface area contributed by atoms with Crippen LogP contribution >= 0.6 is 11.6 Å². The second kappa shape index (κ2) is 7.20. The van der Waals surface area contributed by atoms with E-state index in [0.29, 0.717) is 6.42 Å². The van der Waals surface area contributed by atoms with E-state index in [-0.39, 0.29) is 16.5 Å². The number of aromatic nitrogens is 1. The van der Waals surface area contributed by atoms with Crippen molar-refractivity contribution in [3.05, 3.63) is 63.3 Å². The molecule has 2 atom stereocenters. The number of nitrogens with one attached hydrogen (secondary N) is 1. The predicted molar refractivity (Wildman–Crippen MR) is 85.1 cm³/mol. The van der Waals surface area contributed by atoms with Crippen molar-refractivity contribution in [3.8, 4) is 0 Å². The third kappa shape index (κ3) is 4.16. The van der Waals surface area contributed by atoms with Crippen LogP contribution in [0.2, 0.25) is 5.02 Å². The minimum absolute atomic E-state index is 0.0917. The van der Waals surface area contributed by atoms with E-state index in [1.807, 2.05) is 30.3 Å². The zero-order valence-corrected chi connectivity index (χ0v) is 12.7. The molecule has 0 saturated carbocycles. The number of nitrogens with zero attached hydrogens (tertiary/aromatic N) is 2. The van der Waals surface area contributed by atoms with Crippen molar-refractivity contribution in [2.24, 2.45) is 0 Å². The fraction of sp³-hybridized carbons (Fsp3) is 0.267. The Morgan fingerprint density at radius 2 is 2.09 bits per heavy atom. The quantitative estimate of drug-likeness (QED) is 0.630. The Morgan fingerprint density at radius 1 is 1.41 bits per heavy atom. The van der Waals surface area contributed by atoms with Gasteiger partial charge in [-0.05, 0) is 12.5 Å². The molecule has 2 aromatic rings. The Bertz CT molecular complexity index is 652. The highest BCUT2D eigenvalue weighted by atomic mass is 35.5. The standard InChI is InChI=1S/C15H16ClN3O3/c1-10(14(20)7-11-5-3-2-4-6-11)18-15-13(19(21)22)8-12(16)9-17-15/h2-6,8-10,14,20H,7H2,1H3,(H,17,18). The molecule has 0 spiro atoms. The van der Waals surface area contributed by atoms with E-state index in [9.17, 15) is 15.2 Å². The van der Waals surface area contributed by atoms with Gasteiger partial charge in [0.15, 0.2) is 0 Å². The van der Waals surface area contributed by atoms with Crippen molar-refractivity contribution in [2.45, 2.75) is 25.5 Å². The van der Waals surface area contributed by atoms with Crippen LogP contribution in [0.3, 0.4) is 0 Å². The molecule has 0 aliphatic carbocycles. The predicted octanol–water partition coefficient (Wildman–Crippen LogP) is 3.05. The van der Waals surface area contributed by atoms with E-state index in [1.165, 1.54) is 12.3 Å². The summed E-state index contributed by atoms with van der Waals surface area (Å²) in [5.74, 6) is 0.0917. The molecule has 22 heavy (non-hydrogen) atoms. The van der Waals surface area contributed by atoms with Gasteiger partial charge in [-0.1, -0.05) is 41.9 Å². The summed E-state index contributed by atoms with van der Waals surface area (Å²) in [4.78, 5) is 14.4. The summed E-state index contributed by atoms with van der Waals surface area (Å²) in [6.45, 7) is 1.74. The van der Waals surface area contributed by atoms with Gasteiger partial charge in [-0.15, -0.1) is 0 Å². The van der Waals surface area contributed by atoms with Crippen molar-refractivity contribution in [1.29, 1.82) is 0 Å². The van der Waals surface area contributed by atoms with Crippen molar-refractivity contribution < 1.29 is 10.0 Å². The highest BCUT2D eigenvalue weighted by Crippen LogP contribution is 2.26. The molecule has 1 heterocycles. The lowest BCUT2D eigenvalue weighted by molar-refractivity contribution is -0.384. The number of hydrogen-bond donors (Lipinski definition) is 2. The van der Waals surface area contributed by atoms with E-state index in [1.54, 1.807) is 6.92 Å². The molecule has 7 heteroatoms. The molecule has 0 amide bonds. The number of rotatable bonds is 6. The average molecular weight is 322 g/mol. The highest BCUT2D eigenvalue weighted by molar-refractivity contribution is 6.30. The summed E-state index contributed by atoms with van der Waals surface area (Å²) in [6, 6.07) is 10.3. The monoisotopic (exact) mass is 321 g/mol. The van der Waals surface area contributed by atoms with Crippen molar-refractivity contribution >= 4 is 23.1 Å². The number of aliphatic hydroxyl groups excluding tert-OH is 1. The number of nitro groups is 1. The lowest BCUT2D eigenvalue weighted by Gasteiger charge is -2.20. The molecular formula is C15H16ClN3O3. The second-order valence-corrected chi connectivity index (χ2v) is 5.40. The molecular weight excluding hydrogens is 306 g/mol. The normalized spacial score (nSPS) is 13.4. The van der Waals surface area contributed by atoms with Crippen LogP contribution in [0, 0.1) is 10.1 Å². The Balaban J connectivity index is 2.08. The van der Waals surface area contributed by atoms with Gasteiger partial charge in [-0.2, -0.15) is 0 Å². The molecule has 0 aliphatic rings. The molecule has 0 bridgehead atoms. The Hall–Kier alpha value is -2.18. The first-order valence-corrected chi connectivity index (χ1v) is 7.13. The molecule has 0 aliphatic heterocycles. The summed E-state index contributed by atoms with van der Waals surface area (Å²) < 4.78 is 0. The Morgan fingerprint density at radius 3 is 2.73 bits per heavy atom. The van der Waals surface area contributed by atoms with Crippen LogP contribution in [0.1, 0.15) is 12.5 Å². The number of anilines is 1. The van der Waals surface area contributed by atoms with Crippen molar-refractivity contribution in [2.75, 3.05) is 5.32 Å². The molecule has 0 saturated heterocycles. The second-order valence-electron chi connectivity index (χ2n) is 4.97. The number of hydrogen-bond acceptors (Lipinski definition) is 5. The molecule has 2 N–H and O–H groups in total. The van der Waals surface area contributed by atoms with Crippen LogP contribution in [0.4, 0.5) is 11.5 Å². The van der Waals surface area contributed by atoms with Gasteiger partial charge in [0.1, 0.15) is 0 Å². The van der Waals surface area contributed by atoms with Gasteiger partial charge in [-0.3, -0.25) is 10.1 Å². The van der Waals surface area contributed by atoms with Crippen LogP contribution in [0.5, 0.6) is 0 Å². The first-order chi connectivity index (χ1) is 10.5. The third-order valence-corrected chi connectivity index (χ3v) is 3.47. The molecule has 0 radical (unpaired) electrons. The average Bonchev–Trinajstić information content (AvgIpc) is 2.49. The summed E-state index contributed by atoms with van der Waals surface area (Å²) in [5.41, 5.74) is 0.772. The van der Waals surface area contributed by atoms with Gasteiger partial charge in [0.2, 0.25) is 5.82 Å². The number of halogens is 1. The minimum atomic E-state index is -0.709. The molecule has 2 rings (SSSR count). The molecule has 1 aromatic carbocycles. The maximum atomic E-state index is 11.0. The molecule has 2 unspecified atom stereocenters. The maximum absolute atomic E-state index is 11.0. The van der Waals surface area contributed by atoms with Gasteiger partial charge in [0.25, 0.3) is 0 Å². The van der Waals surface area contributed by atoms with Crippen LogP contribution in [-0.2, 0) is 6.42 Å². The minimum Gasteiger partial charge on any atom is -0.391 e. The van der Waals surface area contributed by atoms with Gasteiger partial charge in [-0.25, -0.2) is 4.98 Å². The van der Waals surface area contributed by atoms with E-state index < -0.39 is 17.1 Å². The summed E-state index contributed by atoms with van der Waals surface area (Å²) in [7, 11) is 0. The summed E-state index contributed by atoms with van der Waals surface area (Å²) >= 11 is 5.72. The zero-order valence-electron chi connectivity index (χ0n) is 11.9. The van der Waals surface area contributed by atoms with Crippen molar-refractivity contribution in [1.82, 2.24) is 4.98 Å². The number of benzene rings is 1. The van der Waals surface area contributed by atoms with Gasteiger partial charge in [0, 0.05) is 18.7 Å². The molecule has 0 fully saturated rings. The number of pyridine rings is 1. The first-order valence-electron chi connectivity index (χ1n) is 6.76. The van der Waals surface area contributed by atoms with E-state index in [4.69, 9.17) is 11.6 Å². The Kier molecular flexibility index (Phi) is 5.30. The van der Waals surface area contributed by atoms with E-state index >= 15 is 0 Å². The molecule has 6 nitrogen and oxygen atoms in total. The fourth-order valence-corrected chi connectivity index (χ4v) is 2.18. The first kappa shape index (κ1) is 16.2. The van der Waals surface area contributed by atoms with Crippen molar-refractivity contribution in [3.63, 3.8) is 0 Å². The zero-order chi connectivity index (χ0) is 16.1. The maximum Gasteiger partial charge on any atom is 0.312 e. The highest BCUT2D eigenvalue weighted by Gasteiger charge is 2.21. The fourth-order valence-electron chi connectivity index (χ4n) is 2.02. The van der Waals surface area contributed by atoms with Crippen LogP contribution in [0.15, 0.2) is 42.6 Å².